The molecule has 1 aromatic heterocycles. The molecule has 2 aliphatic rings. The molecule has 0 fully saturated rings. The van der Waals surface area contributed by atoms with Crippen LogP contribution in [0.2, 0.25) is 5.02 Å². The normalized spacial score (nSPS) is 17.5. The molecule has 2 aromatic carbocycles. The summed E-state index contributed by atoms with van der Waals surface area (Å²) in [6.45, 7) is 4.85. The second kappa shape index (κ2) is 8.34. The standard InChI is InChI=1S/C25H24ClN3O2S/c1-3-12-27-15-29(28-13-11-21(30)16(2)22(28)25(27)31)23-18-8-5-4-7-17(18)14-32-24-19(23)9-6-10-20(24)26/h4-11,13,23H,3,12,14-15H2,1-2H3. The average Bonchev–Trinajstić information content (AvgIpc) is 2.96. The van der Waals surface area contributed by atoms with Gasteiger partial charge in [-0.3, -0.25) is 19.3 Å². The van der Waals surface area contributed by atoms with E-state index in [1.165, 1.54) is 11.1 Å². The van der Waals surface area contributed by atoms with E-state index in [-0.39, 0.29) is 17.4 Å². The summed E-state index contributed by atoms with van der Waals surface area (Å²) in [6, 6.07) is 15.9. The number of hydrogen-bond donors (Lipinski definition) is 0. The van der Waals surface area contributed by atoms with Crippen molar-refractivity contribution >= 4 is 29.3 Å². The zero-order valence-corrected chi connectivity index (χ0v) is 19.6. The van der Waals surface area contributed by atoms with Crippen LogP contribution in [0.3, 0.4) is 0 Å². The van der Waals surface area contributed by atoms with Gasteiger partial charge in [-0.15, -0.1) is 11.8 Å². The highest BCUT2D eigenvalue weighted by Crippen LogP contribution is 2.45. The van der Waals surface area contributed by atoms with Crippen LogP contribution in [-0.4, -0.2) is 28.7 Å². The Kier molecular flexibility index (Phi) is 5.51. The lowest BCUT2D eigenvalue weighted by Gasteiger charge is -2.44. The number of amides is 1. The molecule has 0 saturated carbocycles. The quantitative estimate of drug-likeness (QED) is 0.548. The summed E-state index contributed by atoms with van der Waals surface area (Å²) in [5.41, 5.74) is 4.34. The van der Waals surface area contributed by atoms with Crippen molar-refractivity contribution in [2.24, 2.45) is 0 Å². The number of hydrogen-bond acceptors (Lipinski definition) is 4. The zero-order valence-electron chi connectivity index (χ0n) is 18.0. The van der Waals surface area contributed by atoms with Gasteiger partial charge in [-0.1, -0.05) is 54.9 Å². The van der Waals surface area contributed by atoms with E-state index < -0.39 is 0 Å². The molecule has 1 amide bonds. The molecule has 0 bridgehead atoms. The van der Waals surface area contributed by atoms with E-state index in [0.29, 0.717) is 24.5 Å². The van der Waals surface area contributed by atoms with Gasteiger partial charge in [-0.05, 0) is 36.1 Å². The summed E-state index contributed by atoms with van der Waals surface area (Å²) in [6.07, 6.45) is 2.58. The van der Waals surface area contributed by atoms with Gasteiger partial charge in [-0.25, -0.2) is 0 Å². The second-order valence-corrected chi connectivity index (χ2v) is 9.59. The molecule has 3 heterocycles. The molecule has 1 atom stereocenters. The van der Waals surface area contributed by atoms with E-state index in [2.05, 4.69) is 42.3 Å². The van der Waals surface area contributed by atoms with Gasteiger partial charge in [-0.2, -0.15) is 0 Å². The predicted molar refractivity (Wildman–Crippen MR) is 129 cm³/mol. The highest BCUT2D eigenvalue weighted by atomic mass is 35.5. The molecule has 164 valence electrons. The Labute approximate surface area is 196 Å². The summed E-state index contributed by atoms with van der Waals surface area (Å²) < 4.78 is 1.88. The fourth-order valence-corrected chi connectivity index (χ4v) is 6.13. The van der Waals surface area contributed by atoms with E-state index in [4.69, 9.17) is 11.6 Å². The smallest absolute Gasteiger partial charge is 0.274 e. The van der Waals surface area contributed by atoms with Crippen molar-refractivity contribution in [2.45, 2.75) is 37.0 Å². The van der Waals surface area contributed by atoms with E-state index in [1.54, 1.807) is 30.9 Å². The Morgan fingerprint density at radius 3 is 2.66 bits per heavy atom. The lowest BCUT2D eigenvalue weighted by atomic mass is 9.94. The third-order valence-electron chi connectivity index (χ3n) is 6.21. The van der Waals surface area contributed by atoms with Crippen LogP contribution in [0.4, 0.5) is 0 Å². The first-order chi connectivity index (χ1) is 15.5. The number of benzene rings is 2. The van der Waals surface area contributed by atoms with Gasteiger partial charge in [0.15, 0.2) is 5.43 Å². The molecule has 0 aliphatic carbocycles. The fraction of sp³-hybridized carbons (Fsp3) is 0.280. The number of thioether (sulfide) groups is 1. The van der Waals surface area contributed by atoms with E-state index in [0.717, 1.165) is 27.7 Å². The van der Waals surface area contributed by atoms with Gasteiger partial charge in [0, 0.05) is 35.0 Å². The van der Waals surface area contributed by atoms with Gasteiger partial charge in [0.1, 0.15) is 12.4 Å². The molecule has 0 N–H and O–H groups in total. The number of halogens is 1. The third-order valence-corrected chi connectivity index (χ3v) is 7.84. The van der Waals surface area contributed by atoms with Crippen molar-refractivity contribution in [2.75, 3.05) is 18.2 Å². The van der Waals surface area contributed by atoms with Gasteiger partial charge in [0.05, 0.1) is 11.1 Å². The number of aromatic nitrogens is 1. The summed E-state index contributed by atoms with van der Waals surface area (Å²) in [5, 5.41) is 2.93. The first-order valence-electron chi connectivity index (χ1n) is 10.8. The summed E-state index contributed by atoms with van der Waals surface area (Å²) in [4.78, 5) is 28.7. The Balaban J connectivity index is 1.78. The molecule has 0 spiro atoms. The molecule has 0 saturated heterocycles. The van der Waals surface area contributed by atoms with E-state index in [9.17, 15) is 9.59 Å². The summed E-state index contributed by atoms with van der Waals surface area (Å²) >= 11 is 8.40. The van der Waals surface area contributed by atoms with Crippen molar-refractivity contribution in [1.82, 2.24) is 9.58 Å². The molecule has 1 unspecified atom stereocenters. The van der Waals surface area contributed by atoms with E-state index in [1.807, 2.05) is 21.7 Å². The van der Waals surface area contributed by atoms with Crippen molar-refractivity contribution in [1.29, 1.82) is 0 Å². The first kappa shape index (κ1) is 21.2. The number of carbonyl (C=O) groups excluding carboxylic acids is 1. The average molecular weight is 466 g/mol. The van der Waals surface area contributed by atoms with Crippen molar-refractivity contribution < 1.29 is 4.79 Å². The minimum Gasteiger partial charge on any atom is -0.318 e. The van der Waals surface area contributed by atoms with Crippen LogP contribution in [0.1, 0.15) is 52.1 Å². The number of pyridine rings is 1. The highest BCUT2D eigenvalue weighted by molar-refractivity contribution is 7.98. The van der Waals surface area contributed by atoms with Crippen molar-refractivity contribution in [3.8, 4) is 0 Å². The summed E-state index contributed by atoms with van der Waals surface area (Å²) in [5.74, 6) is 0.728. The van der Waals surface area contributed by atoms with Gasteiger partial charge < -0.3 is 4.90 Å². The van der Waals surface area contributed by atoms with Crippen LogP contribution in [0.5, 0.6) is 0 Å². The van der Waals surface area contributed by atoms with Crippen LogP contribution < -0.4 is 10.4 Å². The van der Waals surface area contributed by atoms with Crippen molar-refractivity contribution in [3.05, 3.63) is 97.9 Å². The minimum absolute atomic E-state index is 0.0964. The molecule has 32 heavy (non-hydrogen) atoms. The van der Waals surface area contributed by atoms with Crippen LogP contribution in [0.25, 0.3) is 0 Å². The largest absolute Gasteiger partial charge is 0.318 e. The van der Waals surface area contributed by atoms with Gasteiger partial charge in [0.25, 0.3) is 5.91 Å². The van der Waals surface area contributed by atoms with Crippen LogP contribution in [-0.2, 0) is 5.75 Å². The fourth-order valence-electron chi connectivity index (χ4n) is 4.67. The summed E-state index contributed by atoms with van der Waals surface area (Å²) in [7, 11) is 0. The molecule has 2 aliphatic heterocycles. The second-order valence-electron chi connectivity index (χ2n) is 8.20. The molecule has 5 nitrogen and oxygen atoms in total. The topological polar surface area (TPSA) is 45.5 Å². The monoisotopic (exact) mass is 465 g/mol. The minimum atomic E-state index is -0.150. The Morgan fingerprint density at radius 2 is 1.84 bits per heavy atom. The maximum Gasteiger partial charge on any atom is 0.274 e. The SMILES string of the molecule is CCCN1CN(C2c3ccccc3CSc3c(Cl)cccc32)n2ccc(=O)c(C)c2C1=O. The maximum absolute atomic E-state index is 13.3. The third kappa shape index (κ3) is 3.33. The molecule has 3 aromatic rings. The Hall–Kier alpha value is -2.70. The Bertz CT molecular complexity index is 1270. The lowest BCUT2D eigenvalue weighted by Crippen LogP contribution is -2.56. The molecule has 0 radical (unpaired) electrons. The zero-order chi connectivity index (χ0) is 22.4. The van der Waals surface area contributed by atoms with E-state index >= 15 is 0 Å². The maximum atomic E-state index is 13.3. The van der Waals surface area contributed by atoms with Crippen molar-refractivity contribution in [3.63, 3.8) is 0 Å². The number of carbonyl (C=O) groups is 1. The van der Waals surface area contributed by atoms with Crippen LogP contribution in [0.15, 0.2) is 64.4 Å². The van der Waals surface area contributed by atoms with Crippen LogP contribution in [0, 0.1) is 6.92 Å². The van der Waals surface area contributed by atoms with Crippen LogP contribution >= 0.6 is 23.4 Å². The predicted octanol–water partition coefficient (Wildman–Crippen LogP) is 4.97. The number of nitrogens with zero attached hydrogens (tertiary/aromatic N) is 3. The van der Waals surface area contributed by atoms with Gasteiger partial charge in [0.2, 0.25) is 0 Å². The lowest BCUT2D eigenvalue weighted by molar-refractivity contribution is 0.0683. The van der Waals surface area contributed by atoms with Gasteiger partial charge >= 0.3 is 0 Å². The molecular weight excluding hydrogens is 442 g/mol. The highest BCUT2D eigenvalue weighted by Gasteiger charge is 2.37. The first-order valence-corrected chi connectivity index (χ1v) is 12.1. The molecule has 7 heteroatoms. The number of rotatable bonds is 3. The number of fused-ring (bicyclic) bond motifs is 3. The molecular formula is C25H24ClN3O2S. The molecule has 5 rings (SSSR count). The Morgan fingerprint density at radius 1 is 1.06 bits per heavy atom.